The molecule has 1 aliphatic carbocycles. The fourth-order valence-corrected chi connectivity index (χ4v) is 2.38. The second-order valence-corrected chi connectivity index (χ2v) is 5.00. The zero-order chi connectivity index (χ0) is 14.1. The highest BCUT2D eigenvalue weighted by atomic mass is 16.4. The Labute approximate surface area is 115 Å². The maximum absolute atomic E-state index is 11.8. The predicted molar refractivity (Wildman–Crippen MR) is 72.8 cm³/mol. The molecule has 1 saturated carbocycles. The first-order valence-corrected chi connectivity index (χ1v) is 6.50. The summed E-state index contributed by atoms with van der Waals surface area (Å²) >= 11 is 0. The van der Waals surface area contributed by atoms with Gasteiger partial charge in [-0.3, -0.25) is 14.6 Å². The summed E-state index contributed by atoms with van der Waals surface area (Å²) in [5.74, 6) is -1.97. The number of aromatic nitrogens is 1. The molecule has 0 saturated heterocycles. The number of amides is 1. The molecule has 2 aromatic rings. The first-order chi connectivity index (χ1) is 9.66. The molecule has 20 heavy (non-hydrogen) atoms. The van der Waals surface area contributed by atoms with E-state index in [1.165, 1.54) is 0 Å². The molecule has 2 atom stereocenters. The Bertz CT molecular complexity index is 678. The zero-order valence-corrected chi connectivity index (χ0v) is 10.7. The van der Waals surface area contributed by atoms with E-state index in [1.54, 1.807) is 6.20 Å². The number of fused-ring (bicyclic) bond motifs is 1. The van der Waals surface area contributed by atoms with Crippen LogP contribution in [0.5, 0.6) is 0 Å². The number of para-hydroxylation sites is 1. The van der Waals surface area contributed by atoms with Crippen molar-refractivity contribution in [2.75, 3.05) is 0 Å². The van der Waals surface area contributed by atoms with Gasteiger partial charge in [0.2, 0.25) is 5.91 Å². The van der Waals surface area contributed by atoms with Crippen LogP contribution in [0, 0.1) is 11.8 Å². The third-order valence-electron chi connectivity index (χ3n) is 3.61. The minimum atomic E-state index is -0.892. The molecular weight excluding hydrogens is 256 g/mol. The van der Waals surface area contributed by atoms with Crippen LogP contribution in [0.3, 0.4) is 0 Å². The molecule has 2 unspecified atom stereocenters. The summed E-state index contributed by atoms with van der Waals surface area (Å²) in [5, 5.41) is 12.6. The third kappa shape index (κ3) is 2.34. The number of carboxylic acid groups (broad SMARTS) is 1. The summed E-state index contributed by atoms with van der Waals surface area (Å²) in [6, 6.07) is 9.64. The Morgan fingerprint density at radius 1 is 1.25 bits per heavy atom. The lowest BCUT2D eigenvalue weighted by Gasteiger charge is -2.07. The van der Waals surface area contributed by atoms with Gasteiger partial charge in [0.25, 0.3) is 0 Å². The minimum absolute atomic E-state index is 0.190. The molecule has 0 spiro atoms. The van der Waals surface area contributed by atoms with E-state index >= 15 is 0 Å². The van der Waals surface area contributed by atoms with Crippen LogP contribution in [0.15, 0.2) is 36.5 Å². The highest BCUT2D eigenvalue weighted by Crippen LogP contribution is 2.38. The molecular formula is C15H14N2O3. The largest absolute Gasteiger partial charge is 0.481 e. The average molecular weight is 270 g/mol. The summed E-state index contributed by atoms with van der Waals surface area (Å²) in [6.07, 6.45) is 2.16. The first kappa shape index (κ1) is 12.6. The van der Waals surface area contributed by atoms with Crippen molar-refractivity contribution in [3.8, 4) is 0 Å². The van der Waals surface area contributed by atoms with Crippen LogP contribution in [-0.2, 0) is 16.1 Å². The van der Waals surface area contributed by atoms with Gasteiger partial charge in [-0.15, -0.1) is 0 Å². The molecule has 1 heterocycles. The van der Waals surface area contributed by atoms with Crippen molar-refractivity contribution in [3.63, 3.8) is 0 Å². The molecule has 1 aliphatic rings. The molecule has 102 valence electrons. The first-order valence-electron chi connectivity index (χ1n) is 6.50. The van der Waals surface area contributed by atoms with E-state index in [9.17, 15) is 9.59 Å². The van der Waals surface area contributed by atoms with E-state index in [2.05, 4.69) is 10.3 Å². The molecule has 5 nitrogen and oxygen atoms in total. The lowest BCUT2D eigenvalue weighted by atomic mass is 10.1. The van der Waals surface area contributed by atoms with Crippen molar-refractivity contribution < 1.29 is 14.7 Å². The van der Waals surface area contributed by atoms with E-state index < -0.39 is 11.9 Å². The summed E-state index contributed by atoms with van der Waals surface area (Å²) in [6.45, 7) is 0.371. The number of pyridine rings is 1. The molecule has 2 N–H and O–H groups in total. The van der Waals surface area contributed by atoms with Gasteiger partial charge in [-0.05, 0) is 18.1 Å². The van der Waals surface area contributed by atoms with E-state index in [0.29, 0.717) is 13.0 Å². The molecule has 0 radical (unpaired) electrons. The van der Waals surface area contributed by atoms with Crippen molar-refractivity contribution in [3.05, 3.63) is 42.1 Å². The van der Waals surface area contributed by atoms with Crippen molar-refractivity contribution >= 4 is 22.8 Å². The fourth-order valence-electron chi connectivity index (χ4n) is 2.38. The molecule has 1 amide bonds. The van der Waals surface area contributed by atoms with Crippen LogP contribution in [0.4, 0.5) is 0 Å². The van der Waals surface area contributed by atoms with Gasteiger partial charge in [-0.2, -0.15) is 0 Å². The highest BCUT2D eigenvalue weighted by molar-refractivity contribution is 5.89. The number of aliphatic carboxylic acids is 1. The molecule has 0 bridgehead atoms. The maximum Gasteiger partial charge on any atom is 0.307 e. The Balaban J connectivity index is 1.69. The van der Waals surface area contributed by atoms with Gasteiger partial charge in [0.15, 0.2) is 0 Å². The van der Waals surface area contributed by atoms with Crippen molar-refractivity contribution in [2.45, 2.75) is 13.0 Å². The molecule has 1 fully saturated rings. The van der Waals surface area contributed by atoms with Gasteiger partial charge in [-0.25, -0.2) is 0 Å². The molecule has 1 aromatic heterocycles. The predicted octanol–water partition coefficient (Wildman–Crippen LogP) is 1.57. The smallest absolute Gasteiger partial charge is 0.307 e. The standard InChI is InChI=1S/C15H14N2O3/c18-14(11-7-12(11)15(19)20)17-8-10-4-1-3-9-5-2-6-16-13(9)10/h1-6,11-12H,7-8H2,(H,17,18)(H,19,20). The summed E-state index contributed by atoms with van der Waals surface area (Å²) in [4.78, 5) is 26.9. The van der Waals surface area contributed by atoms with Gasteiger partial charge in [0.05, 0.1) is 17.4 Å². The Hall–Kier alpha value is -2.43. The van der Waals surface area contributed by atoms with Crippen LogP contribution in [0.25, 0.3) is 10.9 Å². The molecule has 5 heteroatoms. The Morgan fingerprint density at radius 3 is 2.80 bits per heavy atom. The number of hydrogen-bond donors (Lipinski definition) is 2. The topological polar surface area (TPSA) is 79.3 Å². The van der Waals surface area contributed by atoms with E-state index in [0.717, 1.165) is 16.5 Å². The van der Waals surface area contributed by atoms with Crippen LogP contribution in [0.2, 0.25) is 0 Å². The normalized spacial score (nSPS) is 20.6. The average Bonchev–Trinajstić information content (AvgIpc) is 3.25. The minimum Gasteiger partial charge on any atom is -0.481 e. The molecule has 3 rings (SSSR count). The number of carboxylic acids is 1. The summed E-state index contributed by atoms with van der Waals surface area (Å²) in [7, 11) is 0. The van der Waals surface area contributed by atoms with Crippen LogP contribution in [0.1, 0.15) is 12.0 Å². The van der Waals surface area contributed by atoms with Gasteiger partial charge >= 0.3 is 5.97 Å². The second kappa shape index (κ2) is 4.92. The van der Waals surface area contributed by atoms with Crippen LogP contribution < -0.4 is 5.32 Å². The molecule has 0 aliphatic heterocycles. The lowest BCUT2D eigenvalue weighted by molar-refractivity contribution is -0.140. The molecule has 1 aromatic carbocycles. The van der Waals surface area contributed by atoms with Crippen LogP contribution >= 0.6 is 0 Å². The summed E-state index contributed by atoms with van der Waals surface area (Å²) in [5.41, 5.74) is 1.80. The third-order valence-corrected chi connectivity index (χ3v) is 3.61. The Morgan fingerprint density at radius 2 is 2.05 bits per heavy atom. The maximum atomic E-state index is 11.8. The monoisotopic (exact) mass is 270 g/mol. The van der Waals surface area contributed by atoms with E-state index in [1.807, 2.05) is 30.3 Å². The fraction of sp³-hybridized carbons (Fsp3) is 0.267. The van der Waals surface area contributed by atoms with Gasteiger partial charge in [0.1, 0.15) is 0 Å². The number of carbonyl (C=O) groups is 2. The van der Waals surface area contributed by atoms with Crippen molar-refractivity contribution in [1.29, 1.82) is 0 Å². The number of nitrogens with one attached hydrogen (secondary N) is 1. The number of benzene rings is 1. The summed E-state index contributed by atoms with van der Waals surface area (Å²) < 4.78 is 0. The SMILES string of the molecule is O=C(O)C1CC1C(=O)NCc1cccc2cccnc12. The van der Waals surface area contributed by atoms with Gasteiger partial charge < -0.3 is 10.4 Å². The quantitative estimate of drug-likeness (QED) is 0.883. The number of carbonyl (C=O) groups excluding carboxylic acids is 1. The van der Waals surface area contributed by atoms with Gasteiger partial charge in [0, 0.05) is 18.1 Å². The second-order valence-electron chi connectivity index (χ2n) is 5.00. The van der Waals surface area contributed by atoms with E-state index in [-0.39, 0.29) is 11.8 Å². The number of nitrogens with zero attached hydrogens (tertiary/aromatic N) is 1. The number of hydrogen-bond acceptors (Lipinski definition) is 3. The van der Waals surface area contributed by atoms with Crippen LogP contribution in [-0.4, -0.2) is 22.0 Å². The number of rotatable bonds is 4. The van der Waals surface area contributed by atoms with Gasteiger partial charge in [-0.1, -0.05) is 24.3 Å². The lowest BCUT2D eigenvalue weighted by Crippen LogP contribution is -2.26. The zero-order valence-electron chi connectivity index (χ0n) is 10.7. The van der Waals surface area contributed by atoms with E-state index in [4.69, 9.17) is 5.11 Å². The highest BCUT2D eigenvalue weighted by Gasteiger charge is 2.48. The Kier molecular flexibility index (Phi) is 3.10. The van der Waals surface area contributed by atoms with Crippen molar-refractivity contribution in [1.82, 2.24) is 10.3 Å². The van der Waals surface area contributed by atoms with Crippen molar-refractivity contribution in [2.24, 2.45) is 11.8 Å².